The molecule has 0 spiro atoms. The molecule has 0 aliphatic rings. The average molecular weight is 257 g/mol. The van der Waals surface area contributed by atoms with E-state index in [2.05, 4.69) is 10.4 Å². The predicted molar refractivity (Wildman–Crippen MR) is 65.2 cm³/mol. The number of hydrogen-bond donors (Lipinski definition) is 2. The molecule has 1 atom stereocenters. The molecule has 1 aromatic heterocycles. The first-order chi connectivity index (χ1) is 7.95. The van der Waals surface area contributed by atoms with Crippen LogP contribution in [0.5, 0.6) is 0 Å². The van der Waals surface area contributed by atoms with Gasteiger partial charge < -0.3 is 10.4 Å². The number of hydrogen-bond acceptors (Lipinski definition) is 4. The second-order valence-electron chi connectivity index (χ2n) is 3.61. The van der Waals surface area contributed by atoms with Crippen molar-refractivity contribution in [3.8, 4) is 0 Å². The number of thioether (sulfide) groups is 1. The first-order valence-corrected chi connectivity index (χ1v) is 6.38. The highest BCUT2D eigenvalue weighted by atomic mass is 32.2. The van der Waals surface area contributed by atoms with E-state index in [0.29, 0.717) is 5.75 Å². The zero-order chi connectivity index (χ0) is 13.0. The molecule has 0 radical (unpaired) electrons. The lowest BCUT2D eigenvalue weighted by Gasteiger charge is -2.11. The minimum absolute atomic E-state index is 0.234. The van der Waals surface area contributed by atoms with Crippen molar-refractivity contribution in [1.82, 2.24) is 15.1 Å². The van der Waals surface area contributed by atoms with Crippen molar-refractivity contribution in [3.05, 3.63) is 17.5 Å². The summed E-state index contributed by atoms with van der Waals surface area (Å²) in [5.41, 5.74) is 1.07. The molecule has 0 aromatic carbocycles. The van der Waals surface area contributed by atoms with Crippen molar-refractivity contribution in [2.45, 2.75) is 13.0 Å². The second-order valence-corrected chi connectivity index (χ2v) is 4.52. The van der Waals surface area contributed by atoms with Crippen molar-refractivity contribution >= 4 is 23.6 Å². The molecule has 0 fully saturated rings. The summed E-state index contributed by atoms with van der Waals surface area (Å²) in [6, 6.07) is 0.729. The lowest BCUT2D eigenvalue weighted by Crippen LogP contribution is -2.42. The van der Waals surface area contributed by atoms with Crippen LogP contribution in [-0.2, 0) is 11.8 Å². The van der Waals surface area contributed by atoms with Crippen LogP contribution in [0.15, 0.2) is 6.07 Å². The molecule has 0 saturated heterocycles. The number of aliphatic carboxylic acids is 1. The van der Waals surface area contributed by atoms with Gasteiger partial charge in [-0.25, -0.2) is 4.79 Å². The Kier molecular flexibility index (Phi) is 4.56. The van der Waals surface area contributed by atoms with Gasteiger partial charge in [-0.15, -0.1) is 0 Å². The maximum absolute atomic E-state index is 11.7. The van der Waals surface area contributed by atoms with Crippen molar-refractivity contribution in [1.29, 1.82) is 0 Å². The standard InChI is InChI=1S/C10H15N3O3S/c1-6-4-7(12-13(6)2)9(14)11-8(5-17-3)10(15)16/h4,8H,5H2,1-3H3,(H,11,14)(H,15,16). The van der Waals surface area contributed by atoms with Gasteiger partial charge in [0.2, 0.25) is 0 Å². The van der Waals surface area contributed by atoms with Crippen LogP contribution in [0.1, 0.15) is 16.2 Å². The van der Waals surface area contributed by atoms with E-state index < -0.39 is 17.9 Å². The van der Waals surface area contributed by atoms with Gasteiger partial charge in [0.1, 0.15) is 11.7 Å². The number of carbonyl (C=O) groups is 2. The normalized spacial score (nSPS) is 12.2. The fourth-order valence-electron chi connectivity index (χ4n) is 1.25. The fourth-order valence-corrected chi connectivity index (χ4v) is 1.80. The van der Waals surface area contributed by atoms with Gasteiger partial charge in [0.15, 0.2) is 0 Å². The van der Waals surface area contributed by atoms with Crippen LogP contribution in [0.3, 0.4) is 0 Å². The molecule has 17 heavy (non-hydrogen) atoms. The van der Waals surface area contributed by atoms with Crippen LogP contribution in [-0.4, -0.2) is 44.8 Å². The molecular formula is C10H15N3O3S. The summed E-state index contributed by atoms with van der Waals surface area (Å²) >= 11 is 1.36. The maximum atomic E-state index is 11.7. The van der Waals surface area contributed by atoms with Gasteiger partial charge in [0.25, 0.3) is 5.91 Å². The fraction of sp³-hybridized carbons (Fsp3) is 0.500. The van der Waals surface area contributed by atoms with E-state index in [0.717, 1.165) is 5.69 Å². The Morgan fingerprint density at radius 2 is 2.29 bits per heavy atom. The molecule has 1 aromatic rings. The van der Waals surface area contributed by atoms with Crippen molar-refractivity contribution in [2.75, 3.05) is 12.0 Å². The minimum atomic E-state index is -1.04. The van der Waals surface area contributed by atoms with E-state index in [4.69, 9.17) is 5.11 Å². The number of amides is 1. The second kappa shape index (κ2) is 5.72. The Hall–Kier alpha value is -1.50. The SMILES string of the molecule is CSCC(NC(=O)c1cc(C)n(C)n1)C(=O)O. The largest absolute Gasteiger partial charge is 0.480 e. The third kappa shape index (κ3) is 3.48. The zero-order valence-electron chi connectivity index (χ0n) is 9.93. The molecule has 0 aliphatic heterocycles. The number of nitrogens with zero attached hydrogens (tertiary/aromatic N) is 2. The summed E-state index contributed by atoms with van der Waals surface area (Å²) in [7, 11) is 1.72. The van der Waals surface area contributed by atoms with Gasteiger partial charge in [-0.05, 0) is 19.2 Å². The van der Waals surface area contributed by atoms with Crippen molar-refractivity contribution in [2.24, 2.45) is 7.05 Å². The Morgan fingerprint density at radius 3 is 2.71 bits per heavy atom. The maximum Gasteiger partial charge on any atom is 0.327 e. The van der Waals surface area contributed by atoms with Gasteiger partial charge in [-0.3, -0.25) is 9.48 Å². The van der Waals surface area contributed by atoms with Crippen LogP contribution in [0.25, 0.3) is 0 Å². The van der Waals surface area contributed by atoms with Crippen LogP contribution in [0, 0.1) is 6.92 Å². The van der Waals surface area contributed by atoms with E-state index in [1.165, 1.54) is 11.8 Å². The third-order valence-corrected chi connectivity index (χ3v) is 2.95. The predicted octanol–water partition coefficient (Wildman–Crippen LogP) is 0.275. The summed E-state index contributed by atoms with van der Waals surface area (Å²) in [4.78, 5) is 22.6. The van der Waals surface area contributed by atoms with Crippen LogP contribution < -0.4 is 5.32 Å². The van der Waals surface area contributed by atoms with Gasteiger partial charge in [0.05, 0.1) is 0 Å². The molecule has 0 saturated carbocycles. The Bertz CT molecular complexity index is 411. The summed E-state index contributed by atoms with van der Waals surface area (Å²) in [6.07, 6.45) is 1.78. The molecule has 1 amide bonds. The molecule has 0 bridgehead atoms. The lowest BCUT2D eigenvalue weighted by molar-refractivity contribution is -0.138. The third-order valence-electron chi connectivity index (χ3n) is 2.28. The van der Waals surface area contributed by atoms with Gasteiger partial charge in [-0.2, -0.15) is 16.9 Å². The quantitative estimate of drug-likeness (QED) is 0.791. The molecule has 7 heteroatoms. The first-order valence-electron chi connectivity index (χ1n) is 4.99. The van der Waals surface area contributed by atoms with Crippen LogP contribution in [0.4, 0.5) is 0 Å². The summed E-state index contributed by atoms with van der Waals surface area (Å²) in [6.45, 7) is 1.82. The molecule has 94 valence electrons. The number of carbonyl (C=O) groups excluding carboxylic acids is 1. The molecule has 0 aliphatic carbocycles. The smallest absolute Gasteiger partial charge is 0.327 e. The highest BCUT2D eigenvalue weighted by molar-refractivity contribution is 7.98. The Balaban J connectivity index is 2.73. The van der Waals surface area contributed by atoms with Crippen LogP contribution >= 0.6 is 11.8 Å². The monoisotopic (exact) mass is 257 g/mol. The molecular weight excluding hydrogens is 242 g/mol. The number of aryl methyl sites for hydroxylation is 2. The molecule has 1 unspecified atom stereocenters. The molecule has 1 heterocycles. The number of carboxylic acid groups (broad SMARTS) is 1. The Morgan fingerprint density at radius 1 is 1.65 bits per heavy atom. The Labute approximate surface area is 103 Å². The summed E-state index contributed by atoms with van der Waals surface area (Å²) in [5.74, 6) is -1.18. The van der Waals surface area contributed by atoms with E-state index in [1.54, 1.807) is 24.1 Å². The van der Waals surface area contributed by atoms with Gasteiger partial charge in [0, 0.05) is 18.5 Å². The van der Waals surface area contributed by atoms with E-state index in [9.17, 15) is 9.59 Å². The molecule has 2 N–H and O–H groups in total. The highest BCUT2D eigenvalue weighted by Crippen LogP contribution is 2.03. The number of rotatable bonds is 5. The van der Waals surface area contributed by atoms with Crippen LogP contribution in [0.2, 0.25) is 0 Å². The lowest BCUT2D eigenvalue weighted by atomic mass is 10.3. The topological polar surface area (TPSA) is 84.2 Å². The van der Waals surface area contributed by atoms with E-state index in [1.807, 2.05) is 6.92 Å². The molecule has 6 nitrogen and oxygen atoms in total. The number of nitrogens with one attached hydrogen (secondary N) is 1. The van der Waals surface area contributed by atoms with Gasteiger partial charge >= 0.3 is 5.97 Å². The first kappa shape index (κ1) is 13.6. The van der Waals surface area contributed by atoms with E-state index in [-0.39, 0.29) is 5.69 Å². The number of carboxylic acids is 1. The number of aromatic nitrogens is 2. The zero-order valence-corrected chi connectivity index (χ0v) is 10.7. The summed E-state index contributed by atoms with van der Waals surface area (Å²) in [5, 5.41) is 15.3. The molecule has 1 rings (SSSR count). The summed E-state index contributed by atoms with van der Waals surface area (Å²) < 4.78 is 1.57. The average Bonchev–Trinajstić information content (AvgIpc) is 2.58. The minimum Gasteiger partial charge on any atom is -0.480 e. The highest BCUT2D eigenvalue weighted by Gasteiger charge is 2.21. The van der Waals surface area contributed by atoms with Crippen molar-refractivity contribution in [3.63, 3.8) is 0 Å². The van der Waals surface area contributed by atoms with Crippen molar-refractivity contribution < 1.29 is 14.7 Å². The van der Waals surface area contributed by atoms with E-state index >= 15 is 0 Å². The van der Waals surface area contributed by atoms with Gasteiger partial charge in [-0.1, -0.05) is 0 Å².